The van der Waals surface area contributed by atoms with Gasteiger partial charge >= 0.3 is 0 Å². The smallest absolute Gasteiger partial charge is 0.237 e. The molecule has 2 fully saturated rings. The van der Waals surface area contributed by atoms with E-state index in [0.29, 0.717) is 0 Å². The van der Waals surface area contributed by atoms with Gasteiger partial charge in [-0.25, -0.2) is 0 Å². The van der Waals surface area contributed by atoms with Crippen LogP contribution < -0.4 is 10.2 Å². The molecular weight excluding hydrogens is 286 g/mol. The van der Waals surface area contributed by atoms with Gasteiger partial charge in [0.25, 0.3) is 0 Å². The zero-order chi connectivity index (χ0) is 14.7. The highest BCUT2D eigenvalue weighted by molar-refractivity contribution is 6.33. The van der Waals surface area contributed by atoms with Gasteiger partial charge in [0.2, 0.25) is 5.91 Å². The second-order valence-electron chi connectivity index (χ2n) is 5.78. The summed E-state index contributed by atoms with van der Waals surface area (Å²) in [7, 11) is 0. The summed E-state index contributed by atoms with van der Waals surface area (Å²) in [5.41, 5.74) is 1.10. The minimum atomic E-state index is 0.0564. The van der Waals surface area contributed by atoms with Gasteiger partial charge in [-0.05, 0) is 31.4 Å². The molecule has 5 heteroatoms. The van der Waals surface area contributed by atoms with E-state index in [-0.39, 0.29) is 11.9 Å². The largest absolute Gasteiger partial charge is 0.368 e. The number of para-hydroxylation sites is 1. The molecule has 1 amide bonds. The molecule has 0 saturated carbocycles. The first kappa shape index (κ1) is 14.7. The molecule has 1 atom stereocenters. The van der Waals surface area contributed by atoms with E-state index >= 15 is 0 Å². The number of anilines is 1. The van der Waals surface area contributed by atoms with Crippen LogP contribution in [0.3, 0.4) is 0 Å². The summed E-state index contributed by atoms with van der Waals surface area (Å²) in [4.78, 5) is 16.8. The molecule has 2 aliphatic heterocycles. The van der Waals surface area contributed by atoms with E-state index in [1.165, 1.54) is 0 Å². The van der Waals surface area contributed by atoms with Crippen LogP contribution in [0.2, 0.25) is 5.02 Å². The van der Waals surface area contributed by atoms with E-state index in [2.05, 4.69) is 21.2 Å². The fraction of sp³-hybridized carbons (Fsp3) is 0.562. The van der Waals surface area contributed by atoms with Crippen LogP contribution in [-0.4, -0.2) is 49.6 Å². The second-order valence-corrected chi connectivity index (χ2v) is 6.18. The Balaban J connectivity index is 1.62. The molecule has 0 bridgehead atoms. The third-order valence-electron chi connectivity index (χ3n) is 4.45. The standard InChI is InChI=1S/C16H22ClN3O/c17-13-5-1-2-6-14(13)19-9-11-20(12-10-19)15-7-3-4-8-18-16(15)21/h1-2,5-6,15H,3-4,7-12H2,(H,18,21). The van der Waals surface area contributed by atoms with Gasteiger partial charge < -0.3 is 10.2 Å². The van der Waals surface area contributed by atoms with Crippen molar-refractivity contribution in [3.05, 3.63) is 29.3 Å². The average molecular weight is 308 g/mol. The van der Waals surface area contributed by atoms with E-state index in [0.717, 1.165) is 62.7 Å². The summed E-state index contributed by atoms with van der Waals surface area (Å²) in [5.74, 6) is 0.207. The number of halogens is 1. The van der Waals surface area contributed by atoms with Crippen molar-refractivity contribution in [2.75, 3.05) is 37.6 Å². The van der Waals surface area contributed by atoms with Crippen LogP contribution in [0.1, 0.15) is 19.3 Å². The Morgan fingerprint density at radius 1 is 1.10 bits per heavy atom. The van der Waals surface area contributed by atoms with Crippen molar-refractivity contribution in [3.63, 3.8) is 0 Å². The molecular formula is C16H22ClN3O. The lowest BCUT2D eigenvalue weighted by Crippen LogP contribution is -2.54. The highest BCUT2D eigenvalue weighted by atomic mass is 35.5. The van der Waals surface area contributed by atoms with Gasteiger partial charge in [0.15, 0.2) is 0 Å². The van der Waals surface area contributed by atoms with E-state index < -0.39 is 0 Å². The summed E-state index contributed by atoms with van der Waals surface area (Å²) < 4.78 is 0. The van der Waals surface area contributed by atoms with Crippen LogP contribution in [0.5, 0.6) is 0 Å². The minimum Gasteiger partial charge on any atom is -0.368 e. The summed E-state index contributed by atoms with van der Waals surface area (Å²) in [6.07, 6.45) is 3.22. The number of amides is 1. The molecule has 2 aliphatic rings. The Morgan fingerprint density at radius 3 is 2.62 bits per heavy atom. The van der Waals surface area contributed by atoms with Gasteiger partial charge in [-0.2, -0.15) is 0 Å². The Labute approximate surface area is 131 Å². The molecule has 0 aromatic heterocycles. The van der Waals surface area contributed by atoms with Gasteiger partial charge in [0, 0.05) is 32.7 Å². The topological polar surface area (TPSA) is 35.6 Å². The zero-order valence-electron chi connectivity index (χ0n) is 12.2. The number of carbonyl (C=O) groups excluding carboxylic acids is 1. The van der Waals surface area contributed by atoms with E-state index in [1.54, 1.807) is 0 Å². The van der Waals surface area contributed by atoms with Crippen LogP contribution in [-0.2, 0) is 4.79 Å². The van der Waals surface area contributed by atoms with Gasteiger partial charge in [-0.3, -0.25) is 9.69 Å². The highest BCUT2D eigenvalue weighted by Crippen LogP contribution is 2.26. The monoisotopic (exact) mass is 307 g/mol. The maximum Gasteiger partial charge on any atom is 0.237 e. The van der Waals surface area contributed by atoms with Crippen molar-refractivity contribution in [1.82, 2.24) is 10.2 Å². The summed E-state index contributed by atoms with van der Waals surface area (Å²) in [6, 6.07) is 8.03. The lowest BCUT2D eigenvalue weighted by molar-refractivity contribution is -0.126. The van der Waals surface area contributed by atoms with Crippen molar-refractivity contribution < 1.29 is 4.79 Å². The lowest BCUT2D eigenvalue weighted by atomic mass is 10.1. The molecule has 21 heavy (non-hydrogen) atoms. The molecule has 4 nitrogen and oxygen atoms in total. The van der Waals surface area contributed by atoms with E-state index in [1.807, 2.05) is 18.2 Å². The molecule has 2 saturated heterocycles. The number of nitrogens with zero attached hydrogens (tertiary/aromatic N) is 2. The maximum atomic E-state index is 12.1. The number of nitrogens with one attached hydrogen (secondary N) is 1. The molecule has 1 N–H and O–H groups in total. The number of benzene rings is 1. The first-order valence-corrected chi connectivity index (χ1v) is 8.15. The fourth-order valence-corrected chi connectivity index (χ4v) is 3.51. The number of rotatable bonds is 2. The number of hydrogen-bond acceptors (Lipinski definition) is 3. The van der Waals surface area contributed by atoms with Crippen LogP contribution in [0.15, 0.2) is 24.3 Å². The van der Waals surface area contributed by atoms with Gasteiger partial charge in [-0.1, -0.05) is 23.7 Å². The fourth-order valence-electron chi connectivity index (χ4n) is 3.25. The highest BCUT2D eigenvalue weighted by Gasteiger charge is 2.30. The summed E-state index contributed by atoms with van der Waals surface area (Å²) in [6.45, 7) is 4.52. The SMILES string of the molecule is O=C1NCCCCC1N1CCN(c2ccccc2Cl)CC1. The average Bonchev–Trinajstić information content (AvgIpc) is 2.73. The predicted molar refractivity (Wildman–Crippen MR) is 85.9 cm³/mol. The van der Waals surface area contributed by atoms with Crippen LogP contribution in [0.4, 0.5) is 5.69 Å². The lowest BCUT2D eigenvalue weighted by Gasteiger charge is -2.39. The molecule has 0 radical (unpaired) electrons. The molecule has 114 valence electrons. The van der Waals surface area contributed by atoms with Crippen molar-refractivity contribution in [2.45, 2.75) is 25.3 Å². The number of piperazine rings is 1. The van der Waals surface area contributed by atoms with Crippen molar-refractivity contribution in [1.29, 1.82) is 0 Å². The number of hydrogen-bond donors (Lipinski definition) is 1. The Bertz CT molecular complexity index is 500. The molecule has 2 heterocycles. The normalized spacial score (nSPS) is 24.5. The summed E-state index contributed by atoms with van der Waals surface area (Å²) >= 11 is 6.27. The maximum absolute atomic E-state index is 12.1. The molecule has 1 aromatic carbocycles. The van der Waals surface area contributed by atoms with E-state index in [4.69, 9.17) is 11.6 Å². The Morgan fingerprint density at radius 2 is 1.86 bits per heavy atom. The van der Waals surface area contributed by atoms with Gasteiger partial charge in [0.1, 0.15) is 0 Å². The van der Waals surface area contributed by atoms with Crippen molar-refractivity contribution in [3.8, 4) is 0 Å². The molecule has 1 unspecified atom stereocenters. The van der Waals surface area contributed by atoms with Crippen molar-refractivity contribution >= 4 is 23.2 Å². The van der Waals surface area contributed by atoms with Crippen molar-refractivity contribution in [2.24, 2.45) is 0 Å². The zero-order valence-corrected chi connectivity index (χ0v) is 13.0. The van der Waals surface area contributed by atoms with Gasteiger partial charge in [-0.15, -0.1) is 0 Å². The van der Waals surface area contributed by atoms with Crippen LogP contribution in [0.25, 0.3) is 0 Å². The summed E-state index contributed by atoms with van der Waals surface area (Å²) in [5, 5.41) is 3.83. The molecule has 0 spiro atoms. The first-order valence-electron chi connectivity index (χ1n) is 7.77. The molecule has 3 rings (SSSR count). The first-order chi connectivity index (χ1) is 10.3. The molecule has 0 aliphatic carbocycles. The van der Waals surface area contributed by atoms with Crippen LogP contribution in [0, 0.1) is 0 Å². The van der Waals surface area contributed by atoms with Crippen LogP contribution >= 0.6 is 11.6 Å². The quantitative estimate of drug-likeness (QED) is 0.909. The van der Waals surface area contributed by atoms with Gasteiger partial charge in [0.05, 0.1) is 16.8 Å². The second kappa shape index (κ2) is 6.67. The predicted octanol–water partition coefficient (Wildman–Crippen LogP) is 2.13. The molecule has 1 aromatic rings. The minimum absolute atomic E-state index is 0.0564. The number of carbonyl (C=O) groups is 1. The third kappa shape index (κ3) is 3.33. The third-order valence-corrected chi connectivity index (χ3v) is 4.77. The van der Waals surface area contributed by atoms with E-state index in [9.17, 15) is 4.79 Å². The Kier molecular flexibility index (Phi) is 4.66. The Hall–Kier alpha value is -1.26.